The van der Waals surface area contributed by atoms with Gasteiger partial charge in [0.2, 0.25) is 11.8 Å². The van der Waals surface area contributed by atoms with E-state index in [0.29, 0.717) is 128 Å². The fraction of sp³-hybridized carbons (Fsp3) is 0.896. The highest BCUT2D eigenvalue weighted by atomic mass is 33.1. The number of amides is 3. The zero-order chi connectivity index (χ0) is 79.3. The number of aliphatic hydroxyl groups is 9. The summed E-state index contributed by atoms with van der Waals surface area (Å²) < 4.78 is 51.0. The Kier molecular flexibility index (Phi) is 54.6. The Bertz CT molecular complexity index is 2230. The average molecular weight is 1590 g/mol. The molecule has 31 heteroatoms. The third kappa shape index (κ3) is 42.4. The Balaban J connectivity index is 1.46. The third-order valence-electron chi connectivity index (χ3n) is 20.3. The molecule has 3 saturated heterocycles. The number of alkyl carbamates (subject to hydrolysis) is 1. The number of nitrogens with one attached hydrogen (secondary N) is 3. The topological polar surface area (TPSA) is 438 Å². The minimum atomic E-state index is -1.22. The maximum absolute atomic E-state index is 14.0. The number of ketones is 3. The molecule has 0 aromatic heterocycles. The zero-order valence-corrected chi connectivity index (χ0v) is 66.7. The van der Waals surface area contributed by atoms with Gasteiger partial charge in [-0.3, -0.25) is 33.6 Å². The Morgan fingerprint density at radius 1 is 0.361 bits per heavy atom. The van der Waals surface area contributed by atoms with Crippen molar-refractivity contribution in [3.05, 3.63) is 0 Å². The van der Waals surface area contributed by atoms with Crippen molar-refractivity contribution in [2.45, 2.75) is 326 Å². The van der Waals surface area contributed by atoms with Crippen LogP contribution in [0.5, 0.6) is 0 Å². The van der Waals surface area contributed by atoms with E-state index < -0.39 is 123 Å². The number of aliphatic hydroxyl groups excluding tert-OH is 9. The second kappa shape index (κ2) is 59.9. The van der Waals surface area contributed by atoms with Gasteiger partial charge < -0.3 is 105 Å². The van der Waals surface area contributed by atoms with Gasteiger partial charge in [0.05, 0.1) is 77.8 Å². The average Bonchev–Trinajstić information content (AvgIpc) is 0.834. The van der Waals surface area contributed by atoms with Crippen LogP contribution in [0.2, 0.25) is 0 Å². The summed E-state index contributed by atoms with van der Waals surface area (Å²) in [6.45, 7) is 7.95. The SMILES string of the molecule is CCC(=O)CCCSSCCC(=O)CC(CCCOC(=O)CCCCCCCNC(=O)CCCOC1OC(CO)C(O)C(O)C1C)(CCCOC(=O)CCCCCCCNC(=O)CCCOC1OC(CO)C(O)C(O)C1C)CCCOC(=O)NCCCCCCCC(=O)CCCOC1OC(CO)C(O)C(O)C1C. The lowest BCUT2D eigenvalue weighted by atomic mass is 9.71. The van der Waals surface area contributed by atoms with Gasteiger partial charge in [0.15, 0.2) is 18.9 Å². The second-order valence-electron chi connectivity index (χ2n) is 29.3. The molecule has 0 radical (unpaired) electrons. The van der Waals surface area contributed by atoms with Crippen molar-refractivity contribution in [3.8, 4) is 0 Å². The number of carbonyl (C=O) groups is 8. The molecule has 29 nitrogen and oxygen atoms in total. The van der Waals surface area contributed by atoms with Gasteiger partial charge in [0.1, 0.15) is 54.0 Å². The van der Waals surface area contributed by atoms with Gasteiger partial charge in [0.25, 0.3) is 0 Å². The molecule has 3 aliphatic rings. The predicted octanol–water partition coefficient (Wildman–Crippen LogP) is 7.06. The summed E-state index contributed by atoms with van der Waals surface area (Å²) in [7, 11) is 3.24. The van der Waals surface area contributed by atoms with Gasteiger partial charge in [-0.15, -0.1) is 0 Å². The van der Waals surface area contributed by atoms with E-state index >= 15 is 0 Å². The Morgan fingerprint density at radius 3 is 1.13 bits per heavy atom. The lowest BCUT2D eigenvalue weighted by Crippen LogP contribution is -2.55. The van der Waals surface area contributed by atoms with Crippen LogP contribution in [-0.2, 0) is 76.2 Å². The molecule has 0 aromatic carbocycles. The lowest BCUT2D eigenvalue weighted by molar-refractivity contribution is -0.282. The summed E-state index contributed by atoms with van der Waals surface area (Å²) in [6.07, 6.45) is 7.40. The maximum atomic E-state index is 14.0. The Hall–Kier alpha value is -3.74. The van der Waals surface area contributed by atoms with Gasteiger partial charge in [0, 0.05) is 113 Å². The molecule has 15 unspecified atom stereocenters. The van der Waals surface area contributed by atoms with E-state index in [2.05, 4.69) is 16.0 Å². The van der Waals surface area contributed by atoms with Crippen LogP contribution >= 0.6 is 21.6 Å². The first-order valence-corrected chi connectivity index (χ1v) is 42.8. The van der Waals surface area contributed by atoms with Crippen LogP contribution in [0, 0.1) is 23.2 Å². The molecule has 3 amide bonds. The standard InChI is InChI=1S/C77H137N3O26S2/c1-5-57(84)30-24-48-107-108-49-35-59(86)50-77(36-25-45-98-65(89)33-16-10-7-12-18-39-78-63(87)31-22-43-101-74-55(3)68(92)71(95)61(52-82)105-74,37-26-46-99-66(90)34-17-11-8-13-19-40-79-64(88)32-23-44-102-75-56(4)69(93)72(96)62(53-83)106-75)38-27-47-103-76(97)80-41-20-14-6-9-15-28-58(85)29-21-42-100-73-54(2)67(91)70(94)60(51-81)104-73/h54-56,60-62,67-75,81-83,91-96H,5-53H2,1-4H3,(H,78,87)(H,79,88)(H,80,97). The fourth-order valence-electron chi connectivity index (χ4n) is 13.3. The number of Topliss-reactive ketones (excluding diaryl/α,β-unsaturated/α-hetero) is 3. The van der Waals surface area contributed by atoms with Crippen molar-refractivity contribution in [1.29, 1.82) is 0 Å². The molecule has 0 saturated carbocycles. The second-order valence-corrected chi connectivity index (χ2v) is 32.0. The van der Waals surface area contributed by atoms with Crippen molar-refractivity contribution in [3.63, 3.8) is 0 Å². The summed E-state index contributed by atoms with van der Waals surface area (Å²) in [4.78, 5) is 102. The van der Waals surface area contributed by atoms with Crippen LogP contribution in [0.15, 0.2) is 0 Å². The van der Waals surface area contributed by atoms with Crippen LogP contribution in [0.25, 0.3) is 0 Å². The van der Waals surface area contributed by atoms with Gasteiger partial charge >= 0.3 is 18.0 Å². The van der Waals surface area contributed by atoms with Crippen molar-refractivity contribution in [2.24, 2.45) is 23.2 Å². The maximum Gasteiger partial charge on any atom is 0.407 e. The first-order chi connectivity index (χ1) is 52.0. The first kappa shape index (κ1) is 98.5. The molecule has 0 spiro atoms. The van der Waals surface area contributed by atoms with Crippen LogP contribution in [0.1, 0.15) is 252 Å². The third-order valence-corrected chi connectivity index (χ3v) is 22.8. The predicted molar refractivity (Wildman–Crippen MR) is 406 cm³/mol. The fourth-order valence-corrected chi connectivity index (χ4v) is 15.5. The number of hydrogen-bond acceptors (Lipinski definition) is 28. The minimum absolute atomic E-state index is 0.0650. The van der Waals surface area contributed by atoms with E-state index in [9.17, 15) is 84.3 Å². The van der Waals surface area contributed by atoms with Gasteiger partial charge in [-0.2, -0.15) is 0 Å². The molecule has 3 aliphatic heterocycles. The molecular formula is C77H137N3O26S2. The molecule has 0 aliphatic carbocycles. The zero-order valence-electron chi connectivity index (χ0n) is 65.1. The number of ether oxygens (including phenoxy) is 9. The summed E-state index contributed by atoms with van der Waals surface area (Å²) in [5, 5.41) is 98.0. The summed E-state index contributed by atoms with van der Waals surface area (Å²) in [5.41, 5.74) is -0.599. The smallest absolute Gasteiger partial charge is 0.407 e. The number of carbonyl (C=O) groups excluding carboxylic acids is 8. The van der Waals surface area contributed by atoms with Crippen molar-refractivity contribution in [1.82, 2.24) is 16.0 Å². The number of unbranched alkanes of at least 4 members (excludes halogenated alkanes) is 12. The highest BCUT2D eigenvalue weighted by Crippen LogP contribution is 2.40. The van der Waals surface area contributed by atoms with Gasteiger partial charge in [-0.25, -0.2) is 4.79 Å². The van der Waals surface area contributed by atoms with Crippen LogP contribution < -0.4 is 16.0 Å². The lowest BCUT2D eigenvalue weighted by Gasteiger charge is -2.40. The Labute approximate surface area is 648 Å². The summed E-state index contributed by atoms with van der Waals surface area (Å²) >= 11 is 0. The number of rotatable bonds is 65. The normalized spacial score (nSPS) is 24.8. The van der Waals surface area contributed by atoms with E-state index in [0.717, 1.165) is 95.6 Å². The summed E-state index contributed by atoms with van der Waals surface area (Å²) in [6, 6.07) is 0. The van der Waals surface area contributed by atoms with E-state index in [1.165, 1.54) is 0 Å². The van der Waals surface area contributed by atoms with Crippen LogP contribution in [0.3, 0.4) is 0 Å². The molecule has 108 heavy (non-hydrogen) atoms. The van der Waals surface area contributed by atoms with E-state index in [-0.39, 0.29) is 113 Å². The monoisotopic (exact) mass is 1580 g/mol. The summed E-state index contributed by atoms with van der Waals surface area (Å²) in [5.74, 6) is -0.631. The van der Waals surface area contributed by atoms with Crippen molar-refractivity contribution in [2.75, 3.05) is 90.6 Å². The molecule has 628 valence electrons. The number of esters is 2. The van der Waals surface area contributed by atoms with E-state index in [4.69, 9.17) is 42.6 Å². The van der Waals surface area contributed by atoms with E-state index in [1.54, 1.807) is 42.4 Å². The van der Waals surface area contributed by atoms with Gasteiger partial charge in [-0.05, 0) is 108 Å². The van der Waals surface area contributed by atoms with Crippen LogP contribution in [0.4, 0.5) is 4.79 Å². The van der Waals surface area contributed by atoms with Crippen molar-refractivity contribution >= 4 is 68.8 Å². The molecule has 0 bridgehead atoms. The van der Waals surface area contributed by atoms with E-state index in [1.807, 2.05) is 6.92 Å². The van der Waals surface area contributed by atoms with Crippen LogP contribution in [-0.4, -0.2) is 258 Å². The minimum Gasteiger partial charge on any atom is -0.466 e. The molecular weight excluding hydrogens is 1450 g/mol. The highest BCUT2D eigenvalue weighted by molar-refractivity contribution is 8.76. The molecule has 3 rings (SSSR count). The molecule has 12 N–H and O–H groups in total. The van der Waals surface area contributed by atoms with Crippen molar-refractivity contribution < 1.29 is 127 Å². The molecule has 0 aromatic rings. The highest BCUT2D eigenvalue weighted by Gasteiger charge is 2.45. The molecule has 3 fully saturated rings. The Morgan fingerprint density at radius 2 is 0.713 bits per heavy atom. The largest absolute Gasteiger partial charge is 0.466 e. The van der Waals surface area contributed by atoms with Gasteiger partial charge in [-0.1, -0.05) is 107 Å². The molecule has 15 atom stereocenters. The molecule has 3 heterocycles. The quantitative estimate of drug-likeness (QED) is 0.0125. The first-order valence-electron chi connectivity index (χ1n) is 40.3. The number of hydrogen-bond donors (Lipinski definition) is 12.